The number of hydrogen-bond donors (Lipinski definition) is 1. The highest BCUT2D eigenvalue weighted by Gasteiger charge is 2.08. The molecule has 0 saturated heterocycles. The number of methoxy groups -OCH3 is 1. The molecule has 2 amide bonds. The number of halogens is 2. The summed E-state index contributed by atoms with van der Waals surface area (Å²) in [4.78, 5) is 13.2. The Morgan fingerprint density at radius 2 is 2.17 bits per heavy atom. The Bertz CT molecular complexity index is 413. The number of amides is 2. The lowest BCUT2D eigenvalue weighted by molar-refractivity contribution is 0.159. The van der Waals surface area contributed by atoms with Crippen LogP contribution >= 0.6 is 23.2 Å². The van der Waals surface area contributed by atoms with Gasteiger partial charge in [-0.3, -0.25) is 0 Å². The Kier molecular flexibility index (Phi) is 6.25. The van der Waals surface area contributed by atoms with Crippen LogP contribution in [0.1, 0.15) is 5.56 Å². The molecule has 100 valence electrons. The summed E-state index contributed by atoms with van der Waals surface area (Å²) in [6.45, 7) is 1.41. The molecule has 18 heavy (non-hydrogen) atoms. The molecule has 0 aliphatic heterocycles. The van der Waals surface area contributed by atoms with E-state index >= 15 is 0 Å². The molecule has 0 spiro atoms. The molecule has 0 bridgehead atoms. The largest absolute Gasteiger partial charge is 0.383 e. The second-order valence-electron chi connectivity index (χ2n) is 3.81. The third kappa shape index (κ3) is 4.72. The Hall–Kier alpha value is -0.970. The maximum absolute atomic E-state index is 11.7. The van der Waals surface area contributed by atoms with Crippen LogP contribution in [0.4, 0.5) is 4.79 Å². The fourth-order valence-corrected chi connectivity index (χ4v) is 1.78. The van der Waals surface area contributed by atoms with Gasteiger partial charge in [-0.1, -0.05) is 29.3 Å². The van der Waals surface area contributed by atoms with E-state index < -0.39 is 0 Å². The van der Waals surface area contributed by atoms with Gasteiger partial charge in [0.2, 0.25) is 0 Å². The number of rotatable bonds is 5. The topological polar surface area (TPSA) is 41.6 Å². The molecular formula is C12H16Cl2N2O2. The summed E-state index contributed by atoms with van der Waals surface area (Å²) in [7, 11) is 3.30. The number of carbonyl (C=O) groups is 1. The van der Waals surface area contributed by atoms with Gasteiger partial charge in [-0.05, 0) is 17.7 Å². The molecular weight excluding hydrogens is 275 g/mol. The van der Waals surface area contributed by atoms with Crippen molar-refractivity contribution in [2.24, 2.45) is 0 Å². The standard InChI is InChI=1S/C12H16Cl2N2O2/c1-16(5-6-18-2)12(17)15-8-9-3-4-10(13)7-11(9)14/h3-4,7H,5-6,8H2,1-2H3,(H,15,17). The van der Waals surface area contributed by atoms with Crippen molar-refractivity contribution < 1.29 is 9.53 Å². The summed E-state index contributed by atoms with van der Waals surface area (Å²) in [5.74, 6) is 0. The Balaban J connectivity index is 2.47. The first-order valence-corrected chi connectivity index (χ1v) is 6.22. The summed E-state index contributed by atoms with van der Waals surface area (Å²) < 4.78 is 4.90. The van der Waals surface area contributed by atoms with E-state index in [-0.39, 0.29) is 6.03 Å². The van der Waals surface area contributed by atoms with Crippen LogP contribution in [0.15, 0.2) is 18.2 Å². The van der Waals surface area contributed by atoms with Gasteiger partial charge in [0.1, 0.15) is 0 Å². The van der Waals surface area contributed by atoms with E-state index in [1.54, 1.807) is 37.3 Å². The lowest BCUT2D eigenvalue weighted by Crippen LogP contribution is -2.38. The average molecular weight is 291 g/mol. The van der Waals surface area contributed by atoms with Gasteiger partial charge in [0.05, 0.1) is 6.61 Å². The fourth-order valence-electron chi connectivity index (χ4n) is 1.30. The van der Waals surface area contributed by atoms with Crippen molar-refractivity contribution in [1.29, 1.82) is 0 Å². The number of urea groups is 1. The molecule has 0 saturated carbocycles. The number of likely N-dealkylation sites (N-methyl/N-ethyl adjacent to an activating group) is 1. The molecule has 0 aromatic heterocycles. The van der Waals surface area contributed by atoms with Gasteiger partial charge < -0.3 is 15.0 Å². The molecule has 6 heteroatoms. The van der Waals surface area contributed by atoms with Gasteiger partial charge in [-0.2, -0.15) is 0 Å². The van der Waals surface area contributed by atoms with Crippen molar-refractivity contribution in [2.45, 2.75) is 6.54 Å². The maximum atomic E-state index is 11.7. The third-order valence-corrected chi connectivity index (χ3v) is 3.01. The average Bonchev–Trinajstić information content (AvgIpc) is 2.34. The van der Waals surface area contributed by atoms with Crippen LogP contribution in [-0.2, 0) is 11.3 Å². The van der Waals surface area contributed by atoms with Crippen LogP contribution in [-0.4, -0.2) is 38.2 Å². The van der Waals surface area contributed by atoms with E-state index in [2.05, 4.69) is 5.32 Å². The Morgan fingerprint density at radius 1 is 1.44 bits per heavy atom. The molecule has 1 aromatic rings. The van der Waals surface area contributed by atoms with Crippen LogP contribution < -0.4 is 5.32 Å². The number of carbonyl (C=O) groups excluding carboxylic acids is 1. The van der Waals surface area contributed by atoms with Crippen molar-refractivity contribution in [3.8, 4) is 0 Å². The van der Waals surface area contributed by atoms with Gasteiger partial charge in [-0.25, -0.2) is 4.79 Å². The van der Waals surface area contributed by atoms with Crippen molar-refractivity contribution in [1.82, 2.24) is 10.2 Å². The minimum atomic E-state index is -0.168. The molecule has 0 unspecified atom stereocenters. The van der Waals surface area contributed by atoms with Gasteiger partial charge in [-0.15, -0.1) is 0 Å². The van der Waals surface area contributed by atoms with Gasteiger partial charge in [0, 0.05) is 37.3 Å². The van der Waals surface area contributed by atoms with Crippen LogP contribution in [0.5, 0.6) is 0 Å². The van der Waals surface area contributed by atoms with Gasteiger partial charge >= 0.3 is 6.03 Å². The fraction of sp³-hybridized carbons (Fsp3) is 0.417. The van der Waals surface area contributed by atoms with Crippen LogP contribution in [0.2, 0.25) is 10.0 Å². The summed E-state index contributed by atoms with van der Waals surface area (Å²) in [5.41, 5.74) is 0.828. The number of nitrogens with zero attached hydrogens (tertiary/aromatic N) is 1. The Labute approximate surface area is 117 Å². The van der Waals surface area contributed by atoms with Crippen LogP contribution in [0.3, 0.4) is 0 Å². The smallest absolute Gasteiger partial charge is 0.317 e. The van der Waals surface area contributed by atoms with Crippen molar-refractivity contribution >= 4 is 29.2 Å². The first kappa shape index (κ1) is 15.1. The quantitative estimate of drug-likeness (QED) is 0.906. The molecule has 0 aliphatic carbocycles. The molecule has 0 fully saturated rings. The van der Waals surface area contributed by atoms with Crippen LogP contribution in [0, 0.1) is 0 Å². The summed E-state index contributed by atoms with van der Waals surface area (Å²) in [6.07, 6.45) is 0. The zero-order chi connectivity index (χ0) is 13.5. The highest BCUT2D eigenvalue weighted by atomic mass is 35.5. The van der Waals surface area contributed by atoms with Gasteiger partial charge in [0.15, 0.2) is 0 Å². The molecule has 0 aliphatic rings. The number of benzene rings is 1. The molecule has 0 heterocycles. The minimum Gasteiger partial charge on any atom is -0.383 e. The molecule has 1 rings (SSSR count). The van der Waals surface area contributed by atoms with Crippen molar-refractivity contribution in [3.63, 3.8) is 0 Å². The highest BCUT2D eigenvalue weighted by molar-refractivity contribution is 6.35. The van der Waals surface area contributed by atoms with Gasteiger partial charge in [0.25, 0.3) is 0 Å². The molecule has 0 atom stereocenters. The number of ether oxygens (including phenoxy) is 1. The van der Waals surface area contributed by atoms with E-state index in [1.165, 1.54) is 0 Å². The maximum Gasteiger partial charge on any atom is 0.317 e. The minimum absolute atomic E-state index is 0.168. The predicted molar refractivity (Wildman–Crippen MR) is 73.2 cm³/mol. The summed E-state index contributed by atoms with van der Waals surface area (Å²) >= 11 is 11.8. The normalized spacial score (nSPS) is 10.2. The van der Waals surface area contributed by atoms with Crippen LogP contribution in [0.25, 0.3) is 0 Å². The zero-order valence-electron chi connectivity index (χ0n) is 10.4. The zero-order valence-corrected chi connectivity index (χ0v) is 11.9. The summed E-state index contributed by atoms with van der Waals surface area (Å²) in [5, 5.41) is 3.89. The molecule has 1 aromatic carbocycles. The number of nitrogens with one attached hydrogen (secondary N) is 1. The Morgan fingerprint density at radius 3 is 2.78 bits per heavy atom. The second-order valence-corrected chi connectivity index (χ2v) is 4.65. The van der Waals surface area contributed by atoms with E-state index in [4.69, 9.17) is 27.9 Å². The molecule has 0 radical (unpaired) electrons. The first-order valence-electron chi connectivity index (χ1n) is 5.46. The molecule has 1 N–H and O–H groups in total. The van der Waals surface area contributed by atoms with E-state index in [0.717, 1.165) is 5.56 Å². The van der Waals surface area contributed by atoms with E-state index in [1.807, 2.05) is 0 Å². The summed E-state index contributed by atoms with van der Waals surface area (Å²) in [6, 6.07) is 5.01. The lowest BCUT2D eigenvalue weighted by Gasteiger charge is -2.17. The first-order chi connectivity index (χ1) is 8.54. The second kappa shape index (κ2) is 7.46. The predicted octanol–water partition coefficient (Wildman–Crippen LogP) is 2.78. The number of hydrogen-bond acceptors (Lipinski definition) is 2. The highest BCUT2D eigenvalue weighted by Crippen LogP contribution is 2.20. The third-order valence-electron chi connectivity index (χ3n) is 2.42. The molecule has 4 nitrogen and oxygen atoms in total. The SMILES string of the molecule is COCCN(C)C(=O)NCc1ccc(Cl)cc1Cl. The van der Waals surface area contributed by atoms with Crippen molar-refractivity contribution in [2.75, 3.05) is 27.3 Å². The lowest BCUT2D eigenvalue weighted by atomic mass is 10.2. The monoisotopic (exact) mass is 290 g/mol. The van der Waals surface area contributed by atoms with E-state index in [9.17, 15) is 4.79 Å². The van der Waals surface area contributed by atoms with E-state index in [0.29, 0.717) is 29.7 Å². The van der Waals surface area contributed by atoms with Crippen molar-refractivity contribution in [3.05, 3.63) is 33.8 Å².